The SMILES string of the molecule is CCCc1nc(NC)c(C)c(Oc2ccc(Cl)c(F)c2)n1. The molecule has 112 valence electrons. The molecule has 0 fully saturated rings. The molecule has 4 nitrogen and oxygen atoms in total. The molecule has 2 rings (SSSR count). The Balaban J connectivity index is 2.37. The molecule has 2 aromatic rings. The van der Waals surface area contributed by atoms with E-state index in [1.54, 1.807) is 13.1 Å². The standard InChI is InChI=1S/C15H17ClFN3O/c1-4-5-13-19-14(18-3)9(2)15(20-13)21-10-6-7-11(16)12(17)8-10/h6-8H,4-5H2,1-3H3,(H,18,19,20). The lowest BCUT2D eigenvalue weighted by Crippen LogP contribution is -2.05. The molecule has 0 radical (unpaired) electrons. The molecule has 0 saturated heterocycles. The summed E-state index contributed by atoms with van der Waals surface area (Å²) in [7, 11) is 1.79. The van der Waals surface area contributed by atoms with E-state index in [2.05, 4.69) is 22.2 Å². The van der Waals surface area contributed by atoms with Gasteiger partial charge in [0.15, 0.2) is 0 Å². The molecule has 1 aromatic heterocycles. The van der Waals surface area contributed by atoms with Crippen molar-refractivity contribution in [3.63, 3.8) is 0 Å². The van der Waals surface area contributed by atoms with E-state index in [4.69, 9.17) is 16.3 Å². The van der Waals surface area contributed by atoms with Crippen molar-refractivity contribution < 1.29 is 9.13 Å². The van der Waals surface area contributed by atoms with Gasteiger partial charge in [0.2, 0.25) is 5.88 Å². The van der Waals surface area contributed by atoms with E-state index in [0.717, 1.165) is 18.4 Å². The molecular weight excluding hydrogens is 293 g/mol. The highest BCUT2D eigenvalue weighted by Gasteiger charge is 2.12. The van der Waals surface area contributed by atoms with Crippen LogP contribution in [0.4, 0.5) is 10.2 Å². The van der Waals surface area contributed by atoms with Gasteiger partial charge in [-0.2, -0.15) is 4.98 Å². The van der Waals surface area contributed by atoms with Crippen molar-refractivity contribution in [3.8, 4) is 11.6 Å². The number of ether oxygens (including phenoxy) is 1. The molecule has 6 heteroatoms. The number of rotatable bonds is 5. The lowest BCUT2D eigenvalue weighted by molar-refractivity contribution is 0.450. The van der Waals surface area contributed by atoms with Crippen molar-refractivity contribution in [3.05, 3.63) is 40.4 Å². The summed E-state index contributed by atoms with van der Waals surface area (Å²) in [6, 6.07) is 4.29. The van der Waals surface area contributed by atoms with Crippen LogP contribution in [0.25, 0.3) is 0 Å². The first-order valence-corrected chi connectivity index (χ1v) is 7.11. The van der Waals surface area contributed by atoms with Gasteiger partial charge in [-0.25, -0.2) is 9.37 Å². The van der Waals surface area contributed by atoms with E-state index in [0.29, 0.717) is 23.3 Å². The smallest absolute Gasteiger partial charge is 0.227 e. The van der Waals surface area contributed by atoms with E-state index in [1.807, 2.05) is 6.92 Å². The highest BCUT2D eigenvalue weighted by molar-refractivity contribution is 6.30. The van der Waals surface area contributed by atoms with Crippen LogP contribution in [-0.2, 0) is 6.42 Å². The average molecular weight is 310 g/mol. The van der Waals surface area contributed by atoms with Crippen LogP contribution < -0.4 is 10.1 Å². The first-order chi connectivity index (χ1) is 10.0. The van der Waals surface area contributed by atoms with E-state index in [-0.39, 0.29) is 5.02 Å². The van der Waals surface area contributed by atoms with E-state index in [1.165, 1.54) is 12.1 Å². The minimum atomic E-state index is -0.525. The molecule has 21 heavy (non-hydrogen) atoms. The molecule has 1 N–H and O–H groups in total. The van der Waals surface area contributed by atoms with Crippen LogP contribution in [0, 0.1) is 12.7 Å². The second-order valence-corrected chi connectivity index (χ2v) is 5.00. The number of hydrogen-bond acceptors (Lipinski definition) is 4. The van der Waals surface area contributed by atoms with Gasteiger partial charge >= 0.3 is 0 Å². The predicted molar refractivity (Wildman–Crippen MR) is 81.8 cm³/mol. The third kappa shape index (κ3) is 3.61. The third-order valence-electron chi connectivity index (χ3n) is 2.96. The highest BCUT2D eigenvalue weighted by Crippen LogP contribution is 2.29. The molecule has 1 heterocycles. The van der Waals surface area contributed by atoms with Crippen molar-refractivity contribution in [2.45, 2.75) is 26.7 Å². The zero-order chi connectivity index (χ0) is 15.4. The Morgan fingerprint density at radius 1 is 1.33 bits per heavy atom. The second-order valence-electron chi connectivity index (χ2n) is 4.60. The van der Waals surface area contributed by atoms with Gasteiger partial charge in [-0.05, 0) is 25.5 Å². The Hall–Kier alpha value is -1.88. The van der Waals surface area contributed by atoms with Crippen LogP contribution in [0.2, 0.25) is 5.02 Å². The molecule has 1 aromatic carbocycles. The Bertz CT molecular complexity index is 649. The van der Waals surface area contributed by atoms with Gasteiger partial charge in [0, 0.05) is 19.5 Å². The molecule has 0 atom stereocenters. The maximum Gasteiger partial charge on any atom is 0.227 e. The summed E-state index contributed by atoms with van der Waals surface area (Å²) in [5.74, 6) is 1.64. The number of nitrogens with zero attached hydrogens (tertiary/aromatic N) is 2. The molecule has 0 bridgehead atoms. The maximum atomic E-state index is 13.5. The number of aryl methyl sites for hydroxylation is 1. The third-order valence-corrected chi connectivity index (χ3v) is 3.27. The molecule has 0 saturated carbocycles. The first-order valence-electron chi connectivity index (χ1n) is 6.73. The van der Waals surface area contributed by atoms with Crippen LogP contribution in [0.1, 0.15) is 24.7 Å². The zero-order valence-electron chi connectivity index (χ0n) is 12.2. The summed E-state index contributed by atoms with van der Waals surface area (Å²) in [5.41, 5.74) is 0.771. The summed E-state index contributed by atoms with van der Waals surface area (Å²) in [6.45, 7) is 3.90. The van der Waals surface area contributed by atoms with Crippen LogP contribution in [0.5, 0.6) is 11.6 Å². The van der Waals surface area contributed by atoms with Gasteiger partial charge in [-0.3, -0.25) is 0 Å². The fraction of sp³-hybridized carbons (Fsp3) is 0.333. The monoisotopic (exact) mass is 309 g/mol. The number of aromatic nitrogens is 2. The van der Waals surface area contributed by atoms with Crippen molar-refractivity contribution >= 4 is 17.4 Å². The second kappa shape index (κ2) is 6.72. The van der Waals surface area contributed by atoms with Crippen molar-refractivity contribution in [1.29, 1.82) is 0 Å². The maximum absolute atomic E-state index is 13.5. The molecule has 0 aliphatic heterocycles. The average Bonchev–Trinajstić information content (AvgIpc) is 2.46. The van der Waals surface area contributed by atoms with E-state index < -0.39 is 5.82 Å². The molecular formula is C15H17ClFN3O. The van der Waals surface area contributed by atoms with Crippen LogP contribution in [0.15, 0.2) is 18.2 Å². The Labute approximate surface area is 128 Å². The number of anilines is 1. The van der Waals surface area contributed by atoms with Gasteiger partial charge < -0.3 is 10.1 Å². The minimum absolute atomic E-state index is 0.0596. The minimum Gasteiger partial charge on any atom is -0.438 e. The van der Waals surface area contributed by atoms with Crippen LogP contribution >= 0.6 is 11.6 Å². The van der Waals surface area contributed by atoms with Gasteiger partial charge in [-0.15, -0.1) is 0 Å². The lowest BCUT2D eigenvalue weighted by Gasteiger charge is -2.13. The molecule has 0 spiro atoms. The van der Waals surface area contributed by atoms with Gasteiger partial charge in [0.1, 0.15) is 23.2 Å². The highest BCUT2D eigenvalue weighted by atomic mass is 35.5. The largest absolute Gasteiger partial charge is 0.438 e. The predicted octanol–water partition coefficient (Wildman–Crippen LogP) is 4.36. The molecule has 0 amide bonds. The number of hydrogen-bond donors (Lipinski definition) is 1. The van der Waals surface area contributed by atoms with E-state index >= 15 is 0 Å². The van der Waals surface area contributed by atoms with Crippen molar-refractivity contribution in [2.75, 3.05) is 12.4 Å². The summed E-state index contributed by atoms with van der Waals surface area (Å²) >= 11 is 5.66. The summed E-state index contributed by atoms with van der Waals surface area (Å²) in [5, 5.41) is 3.07. The Morgan fingerprint density at radius 2 is 2.10 bits per heavy atom. The van der Waals surface area contributed by atoms with E-state index in [9.17, 15) is 4.39 Å². The summed E-state index contributed by atoms with van der Waals surface area (Å²) < 4.78 is 19.2. The van der Waals surface area contributed by atoms with Crippen molar-refractivity contribution in [2.24, 2.45) is 0 Å². The number of benzene rings is 1. The number of halogens is 2. The van der Waals surface area contributed by atoms with Crippen molar-refractivity contribution in [1.82, 2.24) is 9.97 Å². The topological polar surface area (TPSA) is 47.0 Å². The van der Waals surface area contributed by atoms with Gasteiger partial charge in [-0.1, -0.05) is 18.5 Å². The molecule has 0 aliphatic rings. The fourth-order valence-corrected chi connectivity index (χ4v) is 1.99. The summed E-state index contributed by atoms with van der Waals surface area (Å²) in [4.78, 5) is 8.81. The fourth-order valence-electron chi connectivity index (χ4n) is 1.87. The first kappa shape index (κ1) is 15.5. The molecule has 0 unspecified atom stereocenters. The summed E-state index contributed by atoms with van der Waals surface area (Å²) in [6.07, 6.45) is 1.68. The normalized spacial score (nSPS) is 10.5. The zero-order valence-corrected chi connectivity index (χ0v) is 13.0. The van der Waals surface area contributed by atoms with Crippen LogP contribution in [-0.4, -0.2) is 17.0 Å². The lowest BCUT2D eigenvalue weighted by atomic mass is 10.2. The van der Waals surface area contributed by atoms with Crippen LogP contribution in [0.3, 0.4) is 0 Å². The van der Waals surface area contributed by atoms with Gasteiger partial charge in [0.25, 0.3) is 0 Å². The Kier molecular flexibility index (Phi) is 4.96. The number of nitrogens with one attached hydrogen (secondary N) is 1. The Morgan fingerprint density at radius 3 is 2.71 bits per heavy atom. The quantitative estimate of drug-likeness (QED) is 0.891. The van der Waals surface area contributed by atoms with Gasteiger partial charge in [0.05, 0.1) is 10.6 Å². The molecule has 0 aliphatic carbocycles.